The van der Waals surface area contributed by atoms with Gasteiger partial charge < -0.3 is 10.1 Å². The van der Waals surface area contributed by atoms with Crippen molar-refractivity contribution in [3.8, 4) is 5.75 Å². The van der Waals surface area contributed by atoms with E-state index in [2.05, 4.69) is 10.0 Å². The zero-order valence-corrected chi connectivity index (χ0v) is 14.6. The lowest BCUT2D eigenvalue weighted by Gasteiger charge is -2.16. The first kappa shape index (κ1) is 18.0. The van der Waals surface area contributed by atoms with Crippen molar-refractivity contribution < 1.29 is 17.9 Å². The maximum atomic E-state index is 12.6. The zero-order valence-electron chi connectivity index (χ0n) is 13.7. The predicted molar refractivity (Wildman–Crippen MR) is 91.6 cm³/mol. The Morgan fingerprint density at radius 3 is 2.38 bits per heavy atom. The summed E-state index contributed by atoms with van der Waals surface area (Å²) in [6.07, 6.45) is 0. The van der Waals surface area contributed by atoms with Crippen molar-refractivity contribution in [3.05, 3.63) is 59.7 Å². The summed E-state index contributed by atoms with van der Waals surface area (Å²) < 4.78 is 32.9. The zero-order chi connectivity index (χ0) is 17.7. The van der Waals surface area contributed by atoms with E-state index in [-0.39, 0.29) is 10.5 Å². The molecule has 7 heteroatoms. The van der Waals surface area contributed by atoms with Gasteiger partial charge in [-0.1, -0.05) is 30.3 Å². The van der Waals surface area contributed by atoms with Gasteiger partial charge in [0.2, 0.25) is 10.0 Å². The summed E-state index contributed by atoms with van der Waals surface area (Å²) in [4.78, 5) is 11.9. The molecular formula is C17H20N2O4S. The topological polar surface area (TPSA) is 84.5 Å². The Labute approximate surface area is 141 Å². The molecular weight excluding hydrogens is 328 g/mol. The molecule has 0 aliphatic rings. The number of nitrogens with one attached hydrogen (secondary N) is 2. The first-order valence-electron chi connectivity index (χ1n) is 7.36. The van der Waals surface area contributed by atoms with Gasteiger partial charge in [0.15, 0.2) is 0 Å². The summed E-state index contributed by atoms with van der Waals surface area (Å²) in [6.45, 7) is 1.76. The lowest BCUT2D eigenvalue weighted by atomic mass is 10.1. The highest BCUT2D eigenvalue weighted by Gasteiger charge is 2.21. The Morgan fingerprint density at radius 1 is 1.12 bits per heavy atom. The Kier molecular flexibility index (Phi) is 5.58. The molecule has 2 rings (SSSR count). The van der Waals surface area contributed by atoms with Gasteiger partial charge in [0, 0.05) is 13.1 Å². The first-order chi connectivity index (χ1) is 11.4. The van der Waals surface area contributed by atoms with Crippen LogP contribution in [0.1, 0.15) is 28.9 Å². The summed E-state index contributed by atoms with van der Waals surface area (Å²) in [5, 5.41) is 2.47. The average molecular weight is 348 g/mol. The molecule has 0 fully saturated rings. The minimum absolute atomic E-state index is 0.00433. The van der Waals surface area contributed by atoms with E-state index in [0.717, 1.165) is 5.56 Å². The Hall–Kier alpha value is -2.38. The van der Waals surface area contributed by atoms with Crippen molar-refractivity contribution in [2.45, 2.75) is 17.9 Å². The molecule has 2 N–H and O–H groups in total. The minimum atomic E-state index is -3.78. The Balaban J connectivity index is 2.34. The summed E-state index contributed by atoms with van der Waals surface area (Å²) in [5.74, 6) is -0.107. The predicted octanol–water partition coefficient (Wildman–Crippen LogP) is 2.09. The molecule has 0 spiro atoms. The fourth-order valence-corrected chi connectivity index (χ4v) is 3.53. The first-order valence-corrected chi connectivity index (χ1v) is 8.84. The van der Waals surface area contributed by atoms with Gasteiger partial charge in [-0.2, -0.15) is 0 Å². The summed E-state index contributed by atoms with van der Waals surface area (Å²) in [5.41, 5.74) is 1.01. The molecule has 24 heavy (non-hydrogen) atoms. The molecule has 0 bridgehead atoms. The van der Waals surface area contributed by atoms with Crippen molar-refractivity contribution >= 4 is 15.9 Å². The number of sulfonamides is 1. The third-order valence-electron chi connectivity index (χ3n) is 3.58. The molecule has 0 aliphatic heterocycles. The van der Waals surface area contributed by atoms with Crippen LogP contribution in [0.3, 0.4) is 0 Å². The number of rotatable bonds is 6. The number of benzene rings is 2. The van der Waals surface area contributed by atoms with Gasteiger partial charge in [-0.15, -0.1) is 0 Å². The largest absolute Gasteiger partial charge is 0.496 e. The molecule has 0 aliphatic carbocycles. The van der Waals surface area contributed by atoms with Crippen molar-refractivity contribution in [2.24, 2.45) is 0 Å². The highest BCUT2D eigenvalue weighted by molar-refractivity contribution is 7.89. The fourth-order valence-electron chi connectivity index (χ4n) is 2.28. The Morgan fingerprint density at radius 2 is 1.79 bits per heavy atom. The van der Waals surface area contributed by atoms with Crippen molar-refractivity contribution in [1.82, 2.24) is 10.0 Å². The van der Waals surface area contributed by atoms with E-state index in [4.69, 9.17) is 4.74 Å². The molecule has 0 radical (unpaired) electrons. The molecule has 2 aromatic carbocycles. The molecule has 2 aromatic rings. The van der Waals surface area contributed by atoms with E-state index in [1.807, 2.05) is 30.3 Å². The van der Waals surface area contributed by atoms with E-state index in [1.54, 1.807) is 6.92 Å². The minimum Gasteiger partial charge on any atom is -0.496 e. The number of amides is 1. The molecule has 0 unspecified atom stereocenters. The van der Waals surface area contributed by atoms with Gasteiger partial charge in [0.05, 0.1) is 17.6 Å². The summed E-state index contributed by atoms with van der Waals surface area (Å²) >= 11 is 0. The van der Waals surface area contributed by atoms with Crippen LogP contribution in [0.5, 0.6) is 5.75 Å². The number of carbonyl (C=O) groups is 1. The molecule has 0 aromatic heterocycles. The molecule has 1 atom stereocenters. The van der Waals surface area contributed by atoms with Gasteiger partial charge >= 0.3 is 0 Å². The monoisotopic (exact) mass is 348 g/mol. The third-order valence-corrected chi connectivity index (χ3v) is 5.12. The number of hydrogen-bond donors (Lipinski definition) is 2. The molecule has 1 amide bonds. The third kappa shape index (κ3) is 3.93. The number of methoxy groups -OCH3 is 1. The lowest BCUT2D eigenvalue weighted by molar-refractivity contribution is 0.0960. The van der Waals surface area contributed by atoms with E-state index in [1.165, 1.54) is 32.4 Å². The van der Waals surface area contributed by atoms with Crippen LogP contribution in [0, 0.1) is 0 Å². The number of ether oxygens (including phenoxy) is 1. The van der Waals surface area contributed by atoms with E-state index < -0.39 is 22.0 Å². The summed E-state index contributed by atoms with van der Waals surface area (Å²) in [7, 11) is -0.889. The van der Waals surface area contributed by atoms with Crippen LogP contribution in [-0.4, -0.2) is 28.5 Å². The fraction of sp³-hybridized carbons (Fsp3) is 0.235. The highest BCUT2D eigenvalue weighted by atomic mass is 32.2. The SMILES string of the molecule is CNC(=O)c1cc(S(=O)(=O)N[C@H](C)c2ccccc2)ccc1OC. The van der Waals surface area contributed by atoms with Crippen LogP contribution < -0.4 is 14.8 Å². The van der Waals surface area contributed by atoms with Crippen molar-refractivity contribution in [2.75, 3.05) is 14.2 Å². The number of hydrogen-bond acceptors (Lipinski definition) is 4. The second-order valence-corrected chi connectivity index (χ2v) is 6.91. The molecule has 0 saturated carbocycles. The van der Waals surface area contributed by atoms with Crippen LogP contribution >= 0.6 is 0 Å². The molecule has 0 heterocycles. The maximum Gasteiger partial charge on any atom is 0.254 e. The van der Waals surface area contributed by atoms with Crippen molar-refractivity contribution in [1.29, 1.82) is 0 Å². The van der Waals surface area contributed by atoms with Crippen LogP contribution in [0.15, 0.2) is 53.4 Å². The lowest BCUT2D eigenvalue weighted by Crippen LogP contribution is -2.27. The normalized spacial score (nSPS) is 12.5. The van der Waals surface area contributed by atoms with Gasteiger partial charge in [-0.05, 0) is 30.7 Å². The van der Waals surface area contributed by atoms with Gasteiger partial charge in [-0.3, -0.25) is 4.79 Å². The Bertz CT molecular complexity index is 820. The van der Waals surface area contributed by atoms with Crippen LogP contribution in [0.25, 0.3) is 0 Å². The maximum absolute atomic E-state index is 12.6. The molecule has 6 nitrogen and oxygen atoms in total. The van der Waals surface area contributed by atoms with E-state index >= 15 is 0 Å². The average Bonchev–Trinajstić information content (AvgIpc) is 2.60. The molecule has 0 saturated heterocycles. The summed E-state index contributed by atoms with van der Waals surface area (Å²) in [6, 6.07) is 13.0. The smallest absolute Gasteiger partial charge is 0.254 e. The van der Waals surface area contributed by atoms with E-state index in [9.17, 15) is 13.2 Å². The van der Waals surface area contributed by atoms with Gasteiger partial charge in [0.1, 0.15) is 5.75 Å². The van der Waals surface area contributed by atoms with Crippen LogP contribution in [0.4, 0.5) is 0 Å². The van der Waals surface area contributed by atoms with Gasteiger partial charge in [-0.25, -0.2) is 13.1 Å². The number of carbonyl (C=O) groups excluding carboxylic acids is 1. The van der Waals surface area contributed by atoms with Crippen molar-refractivity contribution in [3.63, 3.8) is 0 Å². The molecule has 128 valence electrons. The van der Waals surface area contributed by atoms with Crippen LogP contribution in [-0.2, 0) is 10.0 Å². The van der Waals surface area contributed by atoms with Gasteiger partial charge in [0.25, 0.3) is 5.91 Å². The second kappa shape index (κ2) is 7.46. The van der Waals surface area contributed by atoms with E-state index in [0.29, 0.717) is 5.75 Å². The highest BCUT2D eigenvalue weighted by Crippen LogP contribution is 2.24. The standard InChI is InChI=1S/C17H20N2O4S/c1-12(13-7-5-4-6-8-13)19-24(21,22)14-9-10-16(23-3)15(11-14)17(20)18-2/h4-12,19H,1-3H3,(H,18,20)/t12-/m1/s1. The second-order valence-electron chi connectivity index (χ2n) is 5.19. The quantitative estimate of drug-likeness (QED) is 0.837. The van der Waals surface area contributed by atoms with Crippen LogP contribution in [0.2, 0.25) is 0 Å².